The fourth-order valence-corrected chi connectivity index (χ4v) is 1.68. The Morgan fingerprint density at radius 2 is 1.86 bits per heavy atom. The van der Waals surface area contributed by atoms with Gasteiger partial charge in [-0.1, -0.05) is 6.42 Å². The second-order valence-corrected chi connectivity index (χ2v) is 5.11. The lowest BCUT2D eigenvalue weighted by Gasteiger charge is -2.13. The molecule has 0 aromatic heterocycles. The number of amides is 1. The minimum atomic E-state index is -0.484. The lowest BCUT2D eigenvalue weighted by atomic mass is 10.1. The number of halogens is 1. The van der Waals surface area contributed by atoms with Gasteiger partial charge >= 0.3 is 0 Å². The number of carbonyl (C=O) groups excluding carboxylic acids is 1. The predicted molar refractivity (Wildman–Crippen MR) is 81.0 cm³/mol. The zero-order valence-electron chi connectivity index (χ0n) is 13.3. The maximum atomic E-state index is 11.7. The third-order valence-corrected chi connectivity index (χ3v) is 2.85. The highest BCUT2D eigenvalue weighted by Gasteiger charge is 2.11. The van der Waals surface area contributed by atoms with E-state index in [9.17, 15) is 9.18 Å². The van der Waals surface area contributed by atoms with Gasteiger partial charge in [0.25, 0.3) is 0 Å². The molecule has 1 atom stereocenters. The average Bonchev–Trinajstić information content (AvgIpc) is 2.45. The van der Waals surface area contributed by atoms with Gasteiger partial charge in [-0.05, 0) is 33.5 Å². The molecule has 21 heavy (non-hydrogen) atoms. The van der Waals surface area contributed by atoms with E-state index >= 15 is 0 Å². The van der Waals surface area contributed by atoms with Gasteiger partial charge in [0.05, 0.1) is 32.5 Å². The Hall–Kier alpha value is -0.760. The molecular weight excluding hydrogens is 277 g/mol. The average molecular weight is 307 g/mol. The van der Waals surface area contributed by atoms with Crippen LogP contribution in [-0.4, -0.2) is 77.1 Å². The molecule has 6 nitrogen and oxygen atoms in total. The van der Waals surface area contributed by atoms with Crippen LogP contribution in [0.25, 0.3) is 0 Å². The summed E-state index contributed by atoms with van der Waals surface area (Å²) < 4.78 is 21.8. The molecule has 0 aromatic rings. The molecule has 1 amide bonds. The standard InChI is InChI=1S/C14H30FN3O3/c1-18(2)8-4-3-5-13(16)14(19)17-7-10-21-12-11-20-9-6-15/h13H,3-12,16H2,1-2H3,(H,17,19)/t13-/m0/s1. The number of hydrogen-bond acceptors (Lipinski definition) is 5. The first-order valence-corrected chi connectivity index (χ1v) is 7.47. The highest BCUT2D eigenvalue weighted by atomic mass is 19.1. The van der Waals surface area contributed by atoms with Gasteiger partial charge in [0, 0.05) is 6.54 Å². The van der Waals surface area contributed by atoms with Crippen molar-refractivity contribution in [2.24, 2.45) is 5.73 Å². The molecule has 7 heteroatoms. The molecular formula is C14H30FN3O3. The van der Waals surface area contributed by atoms with Gasteiger partial charge in [-0.25, -0.2) is 4.39 Å². The number of nitrogens with one attached hydrogen (secondary N) is 1. The largest absolute Gasteiger partial charge is 0.377 e. The first-order chi connectivity index (χ1) is 10.1. The van der Waals surface area contributed by atoms with Crippen LogP contribution in [0, 0.1) is 0 Å². The van der Waals surface area contributed by atoms with Crippen molar-refractivity contribution in [2.45, 2.75) is 25.3 Å². The van der Waals surface area contributed by atoms with Crippen molar-refractivity contribution in [3.8, 4) is 0 Å². The van der Waals surface area contributed by atoms with E-state index in [1.807, 2.05) is 14.1 Å². The number of nitrogens with zero attached hydrogens (tertiary/aromatic N) is 1. The molecule has 0 bridgehead atoms. The van der Waals surface area contributed by atoms with Crippen LogP contribution in [-0.2, 0) is 14.3 Å². The van der Waals surface area contributed by atoms with E-state index in [4.69, 9.17) is 15.2 Å². The van der Waals surface area contributed by atoms with Crippen LogP contribution in [0.15, 0.2) is 0 Å². The lowest BCUT2D eigenvalue weighted by molar-refractivity contribution is -0.122. The maximum absolute atomic E-state index is 11.7. The number of rotatable bonds is 14. The summed E-state index contributed by atoms with van der Waals surface area (Å²) in [4.78, 5) is 13.8. The van der Waals surface area contributed by atoms with Crippen molar-refractivity contribution in [2.75, 3.05) is 60.3 Å². The molecule has 3 N–H and O–H groups in total. The normalized spacial score (nSPS) is 12.6. The summed E-state index contributed by atoms with van der Waals surface area (Å²) in [5, 5.41) is 2.73. The van der Waals surface area contributed by atoms with Crippen molar-refractivity contribution in [1.82, 2.24) is 10.2 Å². The fourth-order valence-electron chi connectivity index (χ4n) is 1.68. The van der Waals surface area contributed by atoms with Crippen LogP contribution >= 0.6 is 0 Å². The van der Waals surface area contributed by atoms with Gasteiger partial charge in [0.1, 0.15) is 6.67 Å². The Bertz CT molecular complexity index is 256. The number of carbonyl (C=O) groups is 1. The van der Waals surface area contributed by atoms with E-state index in [2.05, 4.69) is 10.2 Å². The zero-order valence-corrected chi connectivity index (χ0v) is 13.3. The Morgan fingerprint density at radius 3 is 2.48 bits per heavy atom. The SMILES string of the molecule is CN(C)CCCC[C@H](N)C(=O)NCCOCCOCCF. The third-order valence-electron chi connectivity index (χ3n) is 2.85. The minimum absolute atomic E-state index is 0.1000. The van der Waals surface area contributed by atoms with E-state index in [1.165, 1.54) is 0 Å². The Labute approximate surface area is 127 Å². The summed E-state index contributed by atoms with van der Waals surface area (Å²) in [7, 11) is 4.05. The molecule has 0 unspecified atom stereocenters. The smallest absolute Gasteiger partial charge is 0.236 e. The van der Waals surface area contributed by atoms with E-state index in [0.29, 0.717) is 32.8 Å². The highest BCUT2D eigenvalue weighted by molar-refractivity contribution is 5.81. The van der Waals surface area contributed by atoms with Crippen LogP contribution in [0.1, 0.15) is 19.3 Å². The highest BCUT2D eigenvalue weighted by Crippen LogP contribution is 1.99. The zero-order chi connectivity index (χ0) is 15.9. The van der Waals surface area contributed by atoms with Crippen LogP contribution in [0.5, 0.6) is 0 Å². The molecule has 0 rings (SSSR count). The second kappa shape index (κ2) is 14.2. The fraction of sp³-hybridized carbons (Fsp3) is 0.929. The van der Waals surface area contributed by atoms with Gasteiger partial charge in [-0.3, -0.25) is 4.79 Å². The van der Waals surface area contributed by atoms with Gasteiger partial charge in [-0.2, -0.15) is 0 Å². The first-order valence-electron chi connectivity index (χ1n) is 7.47. The third kappa shape index (κ3) is 14.0. The lowest BCUT2D eigenvalue weighted by Crippen LogP contribution is -2.41. The van der Waals surface area contributed by atoms with Gasteiger partial charge in [-0.15, -0.1) is 0 Å². The molecule has 0 saturated carbocycles. The molecule has 0 aliphatic carbocycles. The molecule has 0 spiro atoms. The first kappa shape index (κ1) is 20.2. The second-order valence-electron chi connectivity index (χ2n) is 5.11. The van der Waals surface area contributed by atoms with Crippen LogP contribution in [0.2, 0.25) is 0 Å². The molecule has 0 heterocycles. The topological polar surface area (TPSA) is 76.8 Å². The number of nitrogens with two attached hydrogens (primary N) is 1. The molecule has 126 valence electrons. The number of alkyl halides is 1. The van der Waals surface area contributed by atoms with Gasteiger partial charge < -0.3 is 25.4 Å². The van der Waals surface area contributed by atoms with Crippen LogP contribution in [0.3, 0.4) is 0 Å². The molecule has 0 fully saturated rings. The van der Waals surface area contributed by atoms with Crippen LogP contribution < -0.4 is 11.1 Å². The maximum Gasteiger partial charge on any atom is 0.236 e. The van der Waals surface area contributed by atoms with E-state index in [-0.39, 0.29) is 12.5 Å². The molecule has 0 saturated heterocycles. The van der Waals surface area contributed by atoms with Crippen molar-refractivity contribution < 1.29 is 18.7 Å². The summed E-state index contributed by atoms with van der Waals surface area (Å²) in [5.74, 6) is -0.142. The van der Waals surface area contributed by atoms with Gasteiger partial charge in [0.15, 0.2) is 0 Å². The molecule has 0 aromatic carbocycles. The minimum Gasteiger partial charge on any atom is -0.377 e. The summed E-state index contributed by atoms with van der Waals surface area (Å²) in [6.45, 7) is 2.21. The summed E-state index contributed by atoms with van der Waals surface area (Å²) in [6.07, 6.45) is 2.67. The van der Waals surface area contributed by atoms with Crippen molar-refractivity contribution in [3.05, 3.63) is 0 Å². The van der Waals surface area contributed by atoms with Gasteiger partial charge in [0.2, 0.25) is 5.91 Å². The van der Waals surface area contributed by atoms with Crippen molar-refractivity contribution in [1.29, 1.82) is 0 Å². The molecule has 0 aliphatic rings. The molecule has 0 radical (unpaired) electrons. The van der Waals surface area contributed by atoms with E-state index in [1.54, 1.807) is 0 Å². The summed E-state index contributed by atoms with van der Waals surface area (Å²) in [5.41, 5.74) is 5.81. The number of ether oxygens (including phenoxy) is 2. The monoisotopic (exact) mass is 307 g/mol. The Morgan fingerprint density at radius 1 is 1.19 bits per heavy atom. The molecule has 0 aliphatic heterocycles. The van der Waals surface area contributed by atoms with Crippen molar-refractivity contribution in [3.63, 3.8) is 0 Å². The van der Waals surface area contributed by atoms with E-state index < -0.39 is 12.7 Å². The van der Waals surface area contributed by atoms with Crippen molar-refractivity contribution >= 4 is 5.91 Å². The Balaban J connectivity index is 3.39. The van der Waals surface area contributed by atoms with E-state index in [0.717, 1.165) is 19.4 Å². The van der Waals surface area contributed by atoms with Crippen LogP contribution in [0.4, 0.5) is 4.39 Å². The summed E-state index contributed by atoms with van der Waals surface area (Å²) >= 11 is 0. The number of unbranched alkanes of at least 4 members (excludes halogenated alkanes) is 1. The number of hydrogen-bond donors (Lipinski definition) is 2. The summed E-state index contributed by atoms with van der Waals surface area (Å²) in [6, 6.07) is -0.458. The Kier molecular flexibility index (Phi) is 13.7. The quantitative estimate of drug-likeness (QED) is 0.447. The predicted octanol–water partition coefficient (Wildman–Crippen LogP) is 0.165.